The highest BCUT2D eigenvalue weighted by atomic mass is 16.5. The molecule has 1 heterocycles. The summed E-state index contributed by atoms with van der Waals surface area (Å²) in [5.74, 6) is 2.28. The highest BCUT2D eigenvalue weighted by Gasteiger charge is 2.30. The smallest absolute Gasteiger partial charge is 0.238 e. The van der Waals surface area contributed by atoms with Crippen LogP contribution in [0.4, 0.5) is 5.69 Å². The lowest BCUT2D eigenvalue weighted by Crippen LogP contribution is -2.33. The van der Waals surface area contributed by atoms with Gasteiger partial charge < -0.3 is 19.5 Å². The lowest BCUT2D eigenvalue weighted by atomic mass is 10.0. The number of nitrogens with zero attached hydrogens (tertiary/aromatic N) is 1. The summed E-state index contributed by atoms with van der Waals surface area (Å²) in [4.78, 5) is 14.8. The number of carbonyl (C=O) groups excluding carboxylic acids is 1. The third-order valence-corrected chi connectivity index (χ3v) is 4.86. The molecule has 1 atom stereocenters. The molecule has 6 nitrogen and oxygen atoms in total. The van der Waals surface area contributed by atoms with Crippen LogP contribution in [0, 0.1) is 0 Å². The second-order valence-corrected chi connectivity index (χ2v) is 6.52. The number of ether oxygens (including phenoxy) is 3. The summed E-state index contributed by atoms with van der Waals surface area (Å²) in [5, 5.41) is 2.95. The van der Waals surface area contributed by atoms with Crippen LogP contribution in [0.2, 0.25) is 0 Å². The Morgan fingerprint density at radius 3 is 2.59 bits per heavy atom. The minimum atomic E-state index is -0.0444. The molecule has 3 rings (SSSR count). The van der Waals surface area contributed by atoms with Gasteiger partial charge in [0.1, 0.15) is 17.2 Å². The van der Waals surface area contributed by atoms with Crippen molar-refractivity contribution in [3.8, 4) is 17.2 Å². The first-order chi connectivity index (χ1) is 13.1. The maximum atomic E-state index is 12.6. The number of amides is 1. The zero-order valence-electron chi connectivity index (χ0n) is 16.0. The fourth-order valence-electron chi connectivity index (χ4n) is 3.55. The van der Waals surface area contributed by atoms with E-state index in [2.05, 4.69) is 10.2 Å². The van der Waals surface area contributed by atoms with Crippen LogP contribution in [0.1, 0.15) is 24.4 Å². The summed E-state index contributed by atoms with van der Waals surface area (Å²) >= 11 is 0. The molecule has 0 saturated carbocycles. The molecule has 0 aromatic heterocycles. The van der Waals surface area contributed by atoms with Crippen molar-refractivity contribution in [1.82, 2.24) is 4.90 Å². The van der Waals surface area contributed by atoms with E-state index in [1.807, 2.05) is 42.5 Å². The minimum absolute atomic E-state index is 0.0444. The zero-order valence-corrected chi connectivity index (χ0v) is 16.0. The van der Waals surface area contributed by atoms with Gasteiger partial charge in [0.05, 0.1) is 27.9 Å². The van der Waals surface area contributed by atoms with Crippen molar-refractivity contribution in [2.75, 3.05) is 39.7 Å². The Morgan fingerprint density at radius 1 is 1.07 bits per heavy atom. The van der Waals surface area contributed by atoms with Crippen LogP contribution in [0.5, 0.6) is 17.2 Å². The van der Waals surface area contributed by atoms with Crippen molar-refractivity contribution in [1.29, 1.82) is 0 Å². The standard InChI is InChI=1S/C21H26N2O4/c1-25-16-7-4-6-15(12-16)22-21(24)14-23-11-5-8-19(23)18-13-17(26-2)9-10-20(18)27-3/h4,6-7,9-10,12-13,19H,5,8,11,14H2,1-3H3,(H,22,24)/t19-/m0/s1. The van der Waals surface area contributed by atoms with Crippen LogP contribution >= 0.6 is 0 Å². The van der Waals surface area contributed by atoms with Gasteiger partial charge in [-0.05, 0) is 49.7 Å². The lowest BCUT2D eigenvalue weighted by Gasteiger charge is -2.26. The van der Waals surface area contributed by atoms with Gasteiger partial charge in [-0.1, -0.05) is 6.07 Å². The number of rotatable bonds is 7. The van der Waals surface area contributed by atoms with Crippen molar-refractivity contribution in [3.63, 3.8) is 0 Å². The molecule has 1 N–H and O–H groups in total. The second kappa shape index (κ2) is 8.77. The van der Waals surface area contributed by atoms with Gasteiger partial charge in [-0.25, -0.2) is 0 Å². The van der Waals surface area contributed by atoms with E-state index in [9.17, 15) is 4.79 Å². The van der Waals surface area contributed by atoms with E-state index in [1.165, 1.54) is 0 Å². The Kier molecular flexibility index (Phi) is 6.19. The summed E-state index contributed by atoms with van der Waals surface area (Å²) in [6.45, 7) is 1.19. The van der Waals surface area contributed by atoms with E-state index in [1.54, 1.807) is 21.3 Å². The van der Waals surface area contributed by atoms with Crippen LogP contribution in [-0.4, -0.2) is 45.2 Å². The van der Waals surface area contributed by atoms with Crippen molar-refractivity contribution in [2.24, 2.45) is 0 Å². The summed E-state index contributed by atoms with van der Waals surface area (Å²) in [6, 6.07) is 13.3. The molecule has 2 aromatic carbocycles. The van der Waals surface area contributed by atoms with Gasteiger partial charge in [-0.2, -0.15) is 0 Å². The molecule has 0 bridgehead atoms. The Morgan fingerprint density at radius 2 is 1.85 bits per heavy atom. The average Bonchev–Trinajstić information content (AvgIpc) is 3.15. The van der Waals surface area contributed by atoms with Crippen LogP contribution < -0.4 is 19.5 Å². The highest BCUT2D eigenvalue weighted by molar-refractivity contribution is 5.92. The quantitative estimate of drug-likeness (QED) is 0.808. The first kappa shape index (κ1) is 19.0. The van der Waals surface area contributed by atoms with Gasteiger partial charge in [-0.3, -0.25) is 9.69 Å². The van der Waals surface area contributed by atoms with E-state index in [0.29, 0.717) is 12.3 Å². The maximum Gasteiger partial charge on any atom is 0.238 e. The first-order valence-electron chi connectivity index (χ1n) is 9.04. The van der Waals surface area contributed by atoms with Crippen molar-refractivity contribution >= 4 is 11.6 Å². The summed E-state index contributed by atoms with van der Waals surface area (Å²) in [7, 11) is 4.93. The third kappa shape index (κ3) is 4.52. The van der Waals surface area contributed by atoms with E-state index in [4.69, 9.17) is 14.2 Å². The molecule has 6 heteroatoms. The largest absolute Gasteiger partial charge is 0.497 e. The van der Waals surface area contributed by atoms with Gasteiger partial charge in [0.25, 0.3) is 0 Å². The van der Waals surface area contributed by atoms with E-state index < -0.39 is 0 Å². The number of hydrogen-bond acceptors (Lipinski definition) is 5. The molecule has 2 aromatic rings. The Labute approximate surface area is 160 Å². The normalized spacial score (nSPS) is 16.8. The van der Waals surface area contributed by atoms with Crippen molar-refractivity contribution in [2.45, 2.75) is 18.9 Å². The number of nitrogens with one attached hydrogen (secondary N) is 1. The topological polar surface area (TPSA) is 60.0 Å². The predicted octanol–water partition coefficient (Wildman–Crippen LogP) is 3.49. The SMILES string of the molecule is COc1cccc(NC(=O)CN2CCC[C@H]2c2cc(OC)ccc2OC)c1. The molecule has 1 saturated heterocycles. The number of anilines is 1. The van der Waals surface area contributed by atoms with E-state index in [0.717, 1.165) is 42.1 Å². The molecule has 0 aliphatic carbocycles. The molecule has 1 aliphatic heterocycles. The molecular formula is C21H26N2O4. The highest BCUT2D eigenvalue weighted by Crippen LogP contribution is 2.38. The van der Waals surface area contributed by atoms with Gasteiger partial charge in [0.2, 0.25) is 5.91 Å². The summed E-state index contributed by atoms with van der Waals surface area (Å²) in [6.07, 6.45) is 2.02. The van der Waals surface area contributed by atoms with Crippen LogP contribution in [0.25, 0.3) is 0 Å². The fourth-order valence-corrected chi connectivity index (χ4v) is 3.55. The van der Waals surface area contributed by atoms with Crippen LogP contribution in [0.3, 0.4) is 0 Å². The molecule has 0 radical (unpaired) electrons. The van der Waals surface area contributed by atoms with Crippen LogP contribution in [-0.2, 0) is 4.79 Å². The zero-order chi connectivity index (χ0) is 19.2. The Balaban J connectivity index is 1.72. The molecule has 0 unspecified atom stereocenters. The van der Waals surface area contributed by atoms with E-state index >= 15 is 0 Å². The molecule has 1 fully saturated rings. The van der Waals surface area contributed by atoms with Gasteiger partial charge in [0, 0.05) is 23.4 Å². The molecule has 1 aliphatic rings. The van der Waals surface area contributed by atoms with Gasteiger partial charge in [-0.15, -0.1) is 0 Å². The number of benzene rings is 2. The molecule has 144 valence electrons. The molecular weight excluding hydrogens is 344 g/mol. The third-order valence-electron chi connectivity index (χ3n) is 4.86. The Bertz CT molecular complexity index is 794. The van der Waals surface area contributed by atoms with Gasteiger partial charge >= 0.3 is 0 Å². The lowest BCUT2D eigenvalue weighted by molar-refractivity contribution is -0.117. The van der Waals surface area contributed by atoms with Crippen LogP contribution in [0.15, 0.2) is 42.5 Å². The number of carbonyl (C=O) groups is 1. The van der Waals surface area contributed by atoms with E-state index in [-0.39, 0.29) is 11.9 Å². The first-order valence-corrected chi connectivity index (χ1v) is 9.04. The number of methoxy groups -OCH3 is 3. The molecule has 27 heavy (non-hydrogen) atoms. The maximum absolute atomic E-state index is 12.6. The molecule has 1 amide bonds. The van der Waals surface area contributed by atoms with Crippen molar-refractivity contribution in [3.05, 3.63) is 48.0 Å². The fraction of sp³-hybridized carbons (Fsp3) is 0.381. The predicted molar refractivity (Wildman–Crippen MR) is 105 cm³/mol. The minimum Gasteiger partial charge on any atom is -0.497 e. The number of likely N-dealkylation sites (tertiary alicyclic amines) is 1. The molecule has 0 spiro atoms. The van der Waals surface area contributed by atoms with Crippen molar-refractivity contribution < 1.29 is 19.0 Å². The second-order valence-electron chi connectivity index (χ2n) is 6.52. The van der Waals surface area contributed by atoms with Gasteiger partial charge in [0.15, 0.2) is 0 Å². The monoisotopic (exact) mass is 370 g/mol. The Hall–Kier alpha value is -2.73. The summed E-state index contributed by atoms with van der Waals surface area (Å²) < 4.78 is 16.1. The summed E-state index contributed by atoms with van der Waals surface area (Å²) in [5.41, 5.74) is 1.79. The average molecular weight is 370 g/mol. The number of hydrogen-bond donors (Lipinski definition) is 1.